The Morgan fingerprint density at radius 1 is 0.365 bits per heavy atom. The van der Waals surface area contributed by atoms with Gasteiger partial charge in [-0.2, -0.15) is 0 Å². The van der Waals surface area contributed by atoms with Crippen molar-refractivity contribution in [1.82, 2.24) is 14.5 Å². The van der Waals surface area contributed by atoms with Crippen molar-refractivity contribution in [1.29, 1.82) is 0 Å². The van der Waals surface area contributed by atoms with Crippen molar-refractivity contribution < 1.29 is 0 Å². The minimum atomic E-state index is -0.561. The van der Waals surface area contributed by atoms with Gasteiger partial charge in [0, 0.05) is 34.5 Å². The van der Waals surface area contributed by atoms with E-state index < -0.39 is 5.41 Å². The Hall–Kier alpha value is -6.98. The third-order valence-corrected chi connectivity index (χ3v) is 10.9. The van der Waals surface area contributed by atoms with Crippen LogP contribution in [0.15, 0.2) is 189 Å². The molecule has 0 atom stereocenters. The molecule has 2 aliphatic heterocycles. The number of para-hydroxylation sites is 5. The quantitative estimate of drug-likeness (QED) is 0.188. The van der Waals surface area contributed by atoms with E-state index in [2.05, 4.69) is 182 Å². The van der Waals surface area contributed by atoms with E-state index >= 15 is 0 Å². The largest absolute Gasteiger partial charge is 0.310 e. The monoisotopic (exact) mass is 665 g/mol. The van der Waals surface area contributed by atoms with E-state index in [0.717, 1.165) is 44.9 Å². The summed E-state index contributed by atoms with van der Waals surface area (Å²) in [5.41, 5.74) is 14.6. The normalized spacial score (nSPS) is 13.8. The second-order valence-electron chi connectivity index (χ2n) is 13.5. The molecule has 0 unspecified atom stereocenters. The number of rotatable bonds is 3. The summed E-state index contributed by atoms with van der Waals surface area (Å²) in [4.78, 5) is 13.8. The number of aromatic nitrogens is 3. The van der Waals surface area contributed by atoms with Gasteiger partial charge in [0.1, 0.15) is 0 Å². The second-order valence-corrected chi connectivity index (χ2v) is 13.5. The lowest BCUT2D eigenvalue weighted by Gasteiger charge is -2.51. The average Bonchev–Trinajstić information content (AvgIpc) is 3.55. The van der Waals surface area contributed by atoms with Gasteiger partial charge in [0.05, 0.1) is 57.3 Å². The van der Waals surface area contributed by atoms with E-state index in [1.807, 2.05) is 30.9 Å². The lowest BCUT2D eigenvalue weighted by molar-refractivity contribution is 0.719. The lowest BCUT2D eigenvalue weighted by Crippen LogP contribution is -2.41. The van der Waals surface area contributed by atoms with Crippen LogP contribution in [0.5, 0.6) is 0 Å². The maximum absolute atomic E-state index is 4.52. The molecule has 5 heterocycles. The minimum absolute atomic E-state index is 0.561. The second kappa shape index (κ2) is 11.0. The van der Waals surface area contributed by atoms with Gasteiger partial charge in [-0.15, -0.1) is 0 Å². The molecule has 11 rings (SSSR count). The number of anilines is 6. The van der Waals surface area contributed by atoms with Crippen LogP contribution in [-0.2, 0) is 5.41 Å². The summed E-state index contributed by atoms with van der Waals surface area (Å²) in [6.07, 6.45) is 7.56. The third-order valence-electron chi connectivity index (χ3n) is 10.9. The van der Waals surface area contributed by atoms with Crippen molar-refractivity contribution in [2.75, 3.05) is 9.80 Å². The number of benzene rings is 6. The van der Waals surface area contributed by atoms with Crippen LogP contribution in [0.2, 0.25) is 0 Å². The van der Waals surface area contributed by atoms with Gasteiger partial charge in [-0.1, -0.05) is 91.0 Å². The highest BCUT2D eigenvalue weighted by Gasteiger charge is 2.51. The Bertz CT molecular complexity index is 2730. The Kier molecular flexibility index (Phi) is 6.10. The highest BCUT2D eigenvalue weighted by atomic mass is 15.2. The van der Waals surface area contributed by atoms with Crippen molar-refractivity contribution in [3.05, 3.63) is 211 Å². The van der Waals surface area contributed by atoms with Crippen LogP contribution < -0.4 is 9.80 Å². The van der Waals surface area contributed by atoms with Gasteiger partial charge in [0.2, 0.25) is 0 Å². The van der Waals surface area contributed by atoms with Crippen LogP contribution in [0, 0.1) is 0 Å². The fraction of sp³-hybridized carbons (Fsp3) is 0.0213. The van der Waals surface area contributed by atoms with Gasteiger partial charge in [0.15, 0.2) is 0 Å². The molecule has 0 fully saturated rings. The predicted molar refractivity (Wildman–Crippen MR) is 211 cm³/mol. The maximum atomic E-state index is 4.52. The Morgan fingerprint density at radius 3 is 1.46 bits per heavy atom. The topological polar surface area (TPSA) is 37.2 Å². The van der Waals surface area contributed by atoms with Gasteiger partial charge in [-0.3, -0.25) is 9.97 Å². The molecule has 0 amide bonds. The molecule has 1 spiro atoms. The summed E-state index contributed by atoms with van der Waals surface area (Å²) in [5.74, 6) is 0. The Morgan fingerprint density at radius 2 is 0.885 bits per heavy atom. The van der Waals surface area contributed by atoms with Gasteiger partial charge >= 0.3 is 0 Å². The molecule has 0 N–H and O–H groups in total. The molecule has 52 heavy (non-hydrogen) atoms. The molecular weight excluding hydrogens is 635 g/mol. The first kappa shape index (κ1) is 28.8. The molecule has 5 heteroatoms. The smallest absolute Gasteiger partial charge is 0.0782 e. The molecule has 0 aliphatic carbocycles. The van der Waals surface area contributed by atoms with E-state index in [1.54, 1.807) is 0 Å². The molecule has 3 aromatic heterocycles. The summed E-state index contributed by atoms with van der Waals surface area (Å²) in [6.45, 7) is 0. The molecule has 0 saturated carbocycles. The molecule has 2 aliphatic rings. The average molecular weight is 666 g/mol. The molecule has 244 valence electrons. The fourth-order valence-electron chi connectivity index (χ4n) is 8.97. The molecule has 0 saturated heterocycles. The molecule has 6 aromatic carbocycles. The predicted octanol–water partition coefficient (Wildman–Crippen LogP) is 11.5. The van der Waals surface area contributed by atoms with E-state index in [0.29, 0.717) is 0 Å². The highest BCUT2D eigenvalue weighted by molar-refractivity contribution is 6.10. The third kappa shape index (κ3) is 3.82. The zero-order chi connectivity index (χ0) is 34.2. The number of nitrogens with zero attached hydrogens (tertiary/aromatic N) is 5. The number of hydrogen-bond acceptors (Lipinski definition) is 4. The van der Waals surface area contributed by atoms with E-state index in [4.69, 9.17) is 0 Å². The molecular formula is C47H31N5. The van der Waals surface area contributed by atoms with Crippen molar-refractivity contribution in [2.24, 2.45) is 0 Å². The first-order valence-electron chi connectivity index (χ1n) is 17.7. The van der Waals surface area contributed by atoms with Gasteiger partial charge in [0.25, 0.3) is 0 Å². The molecule has 0 bridgehead atoms. The van der Waals surface area contributed by atoms with Crippen molar-refractivity contribution >= 4 is 55.9 Å². The van der Waals surface area contributed by atoms with Gasteiger partial charge in [-0.05, 0) is 95.1 Å². The molecule has 9 aromatic rings. The van der Waals surface area contributed by atoms with Crippen LogP contribution in [0.4, 0.5) is 34.1 Å². The van der Waals surface area contributed by atoms with Crippen molar-refractivity contribution in [2.45, 2.75) is 5.41 Å². The van der Waals surface area contributed by atoms with Gasteiger partial charge in [-0.25, -0.2) is 0 Å². The number of fused-ring (bicyclic) bond motifs is 11. The van der Waals surface area contributed by atoms with E-state index in [-0.39, 0.29) is 0 Å². The first-order valence-corrected chi connectivity index (χ1v) is 17.7. The van der Waals surface area contributed by atoms with Crippen LogP contribution in [-0.4, -0.2) is 14.5 Å². The Balaban J connectivity index is 1.20. The summed E-state index contributed by atoms with van der Waals surface area (Å²) < 4.78 is 2.26. The number of hydrogen-bond donors (Lipinski definition) is 0. The fourth-order valence-corrected chi connectivity index (χ4v) is 8.97. The Labute approximate surface area is 301 Å². The number of pyridine rings is 2. The first-order chi connectivity index (χ1) is 25.8. The van der Waals surface area contributed by atoms with Crippen molar-refractivity contribution in [3.8, 4) is 5.69 Å². The minimum Gasteiger partial charge on any atom is -0.310 e. The summed E-state index contributed by atoms with van der Waals surface area (Å²) in [7, 11) is 0. The summed E-state index contributed by atoms with van der Waals surface area (Å²) in [6, 6.07) is 59.7. The zero-order valence-electron chi connectivity index (χ0n) is 28.1. The molecule has 0 radical (unpaired) electrons. The molecule has 5 nitrogen and oxygen atoms in total. The van der Waals surface area contributed by atoms with Crippen LogP contribution in [0.3, 0.4) is 0 Å². The summed E-state index contributed by atoms with van der Waals surface area (Å²) >= 11 is 0. The zero-order valence-corrected chi connectivity index (χ0v) is 28.1. The van der Waals surface area contributed by atoms with E-state index in [9.17, 15) is 0 Å². The SMILES string of the molecule is c1ccc(N2c3ccccc3C3(c4ccccc42)c2ccccc2N(c2ccc4c(c2)c2ccncc2n4-c2cccnc2)c2ccccc23)cc1. The highest BCUT2D eigenvalue weighted by Crippen LogP contribution is 2.63. The lowest BCUT2D eigenvalue weighted by atomic mass is 9.60. The van der Waals surface area contributed by atoms with Gasteiger partial charge < -0.3 is 14.4 Å². The van der Waals surface area contributed by atoms with E-state index in [1.165, 1.54) is 39.0 Å². The van der Waals surface area contributed by atoms with Crippen LogP contribution >= 0.6 is 0 Å². The van der Waals surface area contributed by atoms with Crippen LogP contribution in [0.1, 0.15) is 22.3 Å². The van der Waals surface area contributed by atoms with Crippen molar-refractivity contribution in [3.63, 3.8) is 0 Å². The summed E-state index contributed by atoms with van der Waals surface area (Å²) in [5, 5.41) is 2.32. The standard InChI is InChI=1S/C47H31N5/c1-2-13-32(14-3-1)50-42-20-8-4-16-37(42)47(38-17-5-9-21-43(38)50)39-18-6-10-22-44(39)51(45-23-11-7-19-40(45)47)33-24-25-41-36(29-33)35-26-28-49-31-46(35)52(41)34-15-12-27-48-30-34/h1-31H. The van der Waals surface area contributed by atoms with Crippen LogP contribution in [0.25, 0.3) is 27.5 Å². The maximum Gasteiger partial charge on any atom is 0.0782 e.